The second-order valence-electron chi connectivity index (χ2n) is 5.15. The maximum absolute atomic E-state index is 12.2. The number of rotatable bonds is 7. The van der Waals surface area contributed by atoms with Crippen molar-refractivity contribution in [1.29, 1.82) is 0 Å². The van der Waals surface area contributed by atoms with Gasteiger partial charge in [-0.3, -0.25) is 9.80 Å². The summed E-state index contributed by atoms with van der Waals surface area (Å²) < 4.78 is 36.5. The number of halogens is 3. The van der Waals surface area contributed by atoms with Gasteiger partial charge in [-0.1, -0.05) is 30.3 Å². The molecule has 1 unspecified atom stereocenters. The molecule has 0 aliphatic rings. The second kappa shape index (κ2) is 7.61. The SMILES string of the molecule is CN(Cc1ccccc1)CC(O)CN(C)CC(F)(F)F. The number of aliphatic hydroxyl groups excluding tert-OH is 1. The third-order valence-corrected chi connectivity index (χ3v) is 2.79. The van der Waals surface area contributed by atoms with Crippen molar-refractivity contribution >= 4 is 0 Å². The molecule has 1 atom stereocenters. The zero-order chi connectivity index (χ0) is 15.2. The average molecular weight is 290 g/mol. The molecular formula is C14H21F3N2O. The smallest absolute Gasteiger partial charge is 0.390 e. The molecule has 6 heteroatoms. The van der Waals surface area contributed by atoms with E-state index in [0.29, 0.717) is 13.1 Å². The minimum Gasteiger partial charge on any atom is -0.390 e. The molecule has 0 saturated carbocycles. The highest BCUT2D eigenvalue weighted by Gasteiger charge is 2.29. The van der Waals surface area contributed by atoms with E-state index in [4.69, 9.17) is 0 Å². The molecule has 0 spiro atoms. The Labute approximate surface area is 117 Å². The van der Waals surface area contributed by atoms with Gasteiger partial charge >= 0.3 is 6.18 Å². The van der Waals surface area contributed by atoms with E-state index in [-0.39, 0.29) is 6.54 Å². The molecule has 1 aromatic carbocycles. The van der Waals surface area contributed by atoms with Gasteiger partial charge in [0.1, 0.15) is 0 Å². The second-order valence-corrected chi connectivity index (χ2v) is 5.15. The summed E-state index contributed by atoms with van der Waals surface area (Å²) in [4.78, 5) is 2.97. The normalized spacial score (nSPS) is 14.0. The van der Waals surface area contributed by atoms with Crippen molar-refractivity contribution in [3.05, 3.63) is 35.9 Å². The van der Waals surface area contributed by atoms with Crippen LogP contribution in [0.5, 0.6) is 0 Å². The van der Waals surface area contributed by atoms with Crippen LogP contribution in [0, 0.1) is 0 Å². The Morgan fingerprint density at radius 2 is 1.60 bits per heavy atom. The molecule has 1 N–H and O–H groups in total. The van der Waals surface area contributed by atoms with Gasteiger partial charge in [-0.2, -0.15) is 13.2 Å². The predicted molar refractivity (Wildman–Crippen MR) is 72.3 cm³/mol. The van der Waals surface area contributed by atoms with Crippen LogP contribution in [0.15, 0.2) is 30.3 Å². The Balaban J connectivity index is 2.32. The summed E-state index contributed by atoms with van der Waals surface area (Å²) in [6.07, 6.45) is -5.04. The molecule has 0 amide bonds. The number of hydrogen-bond donors (Lipinski definition) is 1. The highest BCUT2D eigenvalue weighted by Crippen LogP contribution is 2.15. The van der Waals surface area contributed by atoms with Gasteiger partial charge in [-0.05, 0) is 19.7 Å². The van der Waals surface area contributed by atoms with Crippen molar-refractivity contribution in [2.45, 2.75) is 18.8 Å². The molecule has 0 saturated heterocycles. The van der Waals surface area contributed by atoms with Crippen LogP contribution in [0.1, 0.15) is 5.56 Å². The average Bonchev–Trinajstić information content (AvgIpc) is 2.26. The number of likely N-dealkylation sites (N-methyl/N-ethyl adjacent to an activating group) is 2. The molecule has 114 valence electrons. The Morgan fingerprint density at radius 3 is 2.15 bits per heavy atom. The predicted octanol–water partition coefficient (Wildman–Crippen LogP) is 1.97. The van der Waals surface area contributed by atoms with Crippen molar-refractivity contribution in [3.63, 3.8) is 0 Å². The lowest BCUT2D eigenvalue weighted by molar-refractivity contribution is -0.145. The fourth-order valence-electron chi connectivity index (χ4n) is 2.11. The van der Waals surface area contributed by atoms with Gasteiger partial charge in [0.25, 0.3) is 0 Å². The Hall–Kier alpha value is -1.11. The van der Waals surface area contributed by atoms with E-state index >= 15 is 0 Å². The topological polar surface area (TPSA) is 26.7 Å². The van der Waals surface area contributed by atoms with Crippen molar-refractivity contribution in [3.8, 4) is 0 Å². The van der Waals surface area contributed by atoms with Crippen LogP contribution in [0.25, 0.3) is 0 Å². The van der Waals surface area contributed by atoms with E-state index in [1.807, 2.05) is 42.3 Å². The zero-order valence-electron chi connectivity index (χ0n) is 11.8. The van der Waals surface area contributed by atoms with Crippen molar-refractivity contribution < 1.29 is 18.3 Å². The lowest BCUT2D eigenvalue weighted by atomic mass is 10.2. The van der Waals surface area contributed by atoms with E-state index in [1.165, 1.54) is 7.05 Å². The molecule has 0 aliphatic heterocycles. The first-order chi connectivity index (χ1) is 9.26. The third-order valence-electron chi connectivity index (χ3n) is 2.79. The van der Waals surface area contributed by atoms with Crippen LogP contribution in [0.3, 0.4) is 0 Å². The van der Waals surface area contributed by atoms with Crippen LogP contribution in [0.4, 0.5) is 13.2 Å². The molecular weight excluding hydrogens is 269 g/mol. The highest BCUT2D eigenvalue weighted by atomic mass is 19.4. The molecule has 0 fully saturated rings. The molecule has 0 bridgehead atoms. The fourth-order valence-corrected chi connectivity index (χ4v) is 2.11. The van der Waals surface area contributed by atoms with E-state index in [0.717, 1.165) is 10.5 Å². The molecule has 0 heterocycles. The number of nitrogens with zero attached hydrogens (tertiary/aromatic N) is 2. The molecule has 0 radical (unpaired) electrons. The lowest BCUT2D eigenvalue weighted by Gasteiger charge is -2.25. The van der Waals surface area contributed by atoms with Crippen LogP contribution in [-0.4, -0.2) is 60.9 Å². The van der Waals surface area contributed by atoms with Crippen molar-refractivity contribution in [2.75, 3.05) is 33.7 Å². The van der Waals surface area contributed by atoms with E-state index < -0.39 is 18.8 Å². The van der Waals surface area contributed by atoms with Gasteiger partial charge in [0.15, 0.2) is 0 Å². The molecule has 20 heavy (non-hydrogen) atoms. The first-order valence-corrected chi connectivity index (χ1v) is 6.42. The maximum atomic E-state index is 12.2. The summed E-state index contributed by atoms with van der Waals surface area (Å²) in [5, 5.41) is 9.81. The number of benzene rings is 1. The van der Waals surface area contributed by atoms with Crippen LogP contribution >= 0.6 is 0 Å². The molecule has 1 rings (SSSR count). The molecule has 1 aromatic rings. The first-order valence-electron chi connectivity index (χ1n) is 6.42. The standard InChI is InChI=1S/C14H21F3N2O/c1-18(8-12-6-4-3-5-7-12)9-13(20)10-19(2)11-14(15,16)17/h3-7,13,20H,8-11H2,1-2H3. The van der Waals surface area contributed by atoms with E-state index in [9.17, 15) is 18.3 Å². The van der Waals surface area contributed by atoms with Gasteiger partial charge in [-0.15, -0.1) is 0 Å². The summed E-state index contributed by atoms with van der Waals surface area (Å²) in [7, 11) is 3.19. The highest BCUT2D eigenvalue weighted by molar-refractivity contribution is 5.14. The van der Waals surface area contributed by atoms with Crippen molar-refractivity contribution in [2.24, 2.45) is 0 Å². The summed E-state index contributed by atoms with van der Waals surface area (Å²) in [6, 6.07) is 9.72. The fraction of sp³-hybridized carbons (Fsp3) is 0.571. The monoisotopic (exact) mass is 290 g/mol. The van der Waals surface area contributed by atoms with Gasteiger partial charge < -0.3 is 5.11 Å². The third kappa shape index (κ3) is 7.47. The Kier molecular flexibility index (Phi) is 6.45. The number of aliphatic hydroxyl groups is 1. The van der Waals surface area contributed by atoms with Crippen LogP contribution in [0.2, 0.25) is 0 Å². The van der Waals surface area contributed by atoms with Crippen LogP contribution < -0.4 is 0 Å². The summed E-state index contributed by atoms with van der Waals surface area (Å²) in [5.41, 5.74) is 1.10. The van der Waals surface area contributed by atoms with Gasteiger partial charge in [0.05, 0.1) is 12.6 Å². The molecule has 3 nitrogen and oxygen atoms in total. The van der Waals surface area contributed by atoms with E-state index in [2.05, 4.69) is 0 Å². The van der Waals surface area contributed by atoms with Gasteiger partial charge in [0.2, 0.25) is 0 Å². The summed E-state index contributed by atoms with van der Waals surface area (Å²) in [6.45, 7) is -0.0247. The summed E-state index contributed by atoms with van der Waals surface area (Å²) >= 11 is 0. The first kappa shape index (κ1) is 16.9. The minimum absolute atomic E-state index is 0.00135. The quantitative estimate of drug-likeness (QED) is 0.832. The Bertz CT molecular complexity index is 384. The summed E-state index contributed by atoms with van der Waals surface area (Å²) in [5.74, 6) is 0. The van der Waals surface area contributed by atoms with E-state index in [1.54, 1.807) is 0 Å². The van der Waals surface area contributed by atoms with Gasteiger partial charge in [0, 0.05) is 19.6 Å². The Morgan fingerprint density at radius 1 is 1.05 bits per heavy atom. The zero-order valence-corrected chi connectivity index (χ0v) is 11.8. The molecule has 0 aliphatic carbocycles. The lowest BCUT2D eigenvalue weighted by Crippen LogP contribution is -2.40. The van der Waals surface area contributed by atoms with Crippen molar-refractivity contribution in [1.82, 2.24) is 9.80 Å². The number of hydrogen-bond acceptors (Lipinski definition) is 3. The molecule has 0 aromatic heterocycles. The van der Waals surface area contributed by atoms with Crippen LogP contribution in [-0.2, 0) is 6.54 Å². The maximum Gasteiger partial charge on any atom is 0.401 e. The number of alkyl halides is 3. The largest absolute Gasteiger partial charge is 0.401 e. The van der Waals surface area contributed by atoms with Gasteiger partial charge in [-0.25, -0.2) is 0 Å². The minimum atomic E-state index is -4.23.